The molecule has 0 amide bonds. The Morgan fingerprint density at radius 3 is 2.54 bits per heavy atom. The molecule has 1 aromatic heterocycles. The van der Waals surface area contributed by atoms with Gasteiger partial charge in [-0.05, 0) is 67.3 Å². The van der Waals surface area contributed by atoms with Crippen molar-refractivity contribution in [3.63, 3.8) is 0 Å². The van der Waals surface area contributed by atoms with Crippen LogP contribution in [0.3, 0.4) is 0 Å². The van der Waals surface area contributed by atoms with Crippen LogP contribution in [0.5, 0.6) is 0 Å². The Balaban J connectivity index is 1.96. The van der Waals surface area contributed by atoms with Crippen LogP contribution in [0.4, 0.5) is 0 Å². The SMILES string of the molecule is Cc1cccc(S(=O)(=O)NC(C)(C)c2cccc(-c3ccncc3CO)c2)c1. The van der Waals surface area contributed by atoms with Crippen molar-refractivity contribution in [2.24, 2.45) is 0 Å². The lowest BCUT2D eigenvalue weighted by Crippen LogP contribution is -2.40. The molecule has 0 radical (unpaired) electrons. The van der Waals surface area contributed by atoms with E-state index < -0.39 is 15.6 Å². The Morgan fingerprint density at radius 2 is 1.82 bits per heavy atom. The molecule has 5 nitrogen and oxygen atoms in total. The molecule has 2 aromatic carbocycles. The normalized spacial score (nSPS) is 12.1. The molecule has 0 atom stereocenters. The lowest BCUT2D eigenvalue weighted by Gasteiger charge is -2.27. The number of aromatic nitrogens is 1. The quantitative estimate of drug-likeness (QED) is 0.665. The number of pyridine rings is 1. The van der Waals surface area contributed by atoms with Crippen LogP contribution in [-0.2, 0) is 22.2 Å². The fraction of sp³-hybridized carbons (Fsp3) is 0.227. The Labute approximate surface area is 166 Å². The molecule has 28 heavy (non-hydrogen) atoms. The van der Waals surface area contributed by atoms with E-state index in [1.807, 2.05) is 57.2 Å². The first kappa shape index (κ1) is 20.2. The van der Waals surface area contributed by atoms with E-state index in [4.69, 9.17) is 0 Å². The highest BCUT2D eigenvalue weighted by molar-refractivity contribution is 7.89. The van der Waals surface area contributed by atoms with E-state index in [9.17, 15) is 13.5 Å². The van der Waals surface area contributed by atoms with E-state index in [2.05, 4.69) is 9.71 Å². The molecule has 1 heterocycles. The highest BCUT2D eigenvalue weighted by atomic mass is 32.2. The van der Waals surface area contributed by atoms with Gasteiger partial charge in [0.1, 0.15) is 0 Å². The molecule has 0 spiro atoms. The van der Waals surface area contributed by atoms with Gasteiger partial charge in [0.05, 0.1) is 17.0 Å². The van der Waals surface area contributed by atoms with E-state index in [1.165, 1.54) is 0 Å². The molecule has 0 aliphatic rings. The number of aryl methyl sites for hydroxylation is 1. The third-order valence-electron chi connectivity index (χ3n) is 4.66. The van der Waals surface area contributed by atoms with E-state index in [0.29, 0.717) is 0 Å². The van der Waals surface area contributed by atoms with E-state index in [1.54, 1.807) is 30.6 Å². The number of sulfonamides is 1. The van der Waals surface area contributed by atoms with Crippen LogP contribution in [0.2, 0.25) is 0 Å². The Kier molecular flexibility index (Phi) is 5.65. The molecule has 0 aliphatic carbocycles. The van der Waals surface area contributed by atoms with Crippen molar-refractivity contribution in [2.45, 2.75) is 37.8 Å². The second-order valence-electron chi connectivity index (χ2n) is 7.32. The highest BCUT2D eigenvalue weighted by Gasteiger charge is 2.28. The maximum atomic E-state index is 12.9. The lowest BCUT2D eigenvalue weighted by atomic mass is 9.91. The number of nitrogens with zero attached hydrogens (tertiary/aromatic N) is 1. The van der Waals surface area contributed by atoms with E-state index >= 15 is 0 Å². The summed E-state index contributed by atoms with van der Waals surface area (Å²) in [6, 6.07) is 16.3. The smallest absolute Gasteiger partial charge is 0.241 e. The third kappa shape index (κ3) is 4.30. The molecule has 2 N–H and O–H groups in total. The predicted octanol–water partition coefficient (Wildman–Crippen LogP) is 3.76. The van der Waals surface area contributed by atoms with Gasteiger partial charge in [0.2, 0.25) is 10.0 Å². The first-order valence-corrected chi connectivity index (χ1v) is 10.5. The Bertz CT molecular complexity index is 1090. The summed E-state index contributed by atoms with van der Waals surface area (Å²) < 4.78 is 28.6. The molecule has 3 rings (SSSR count). The van der Waals surface area contributed by atoms with Gasteiger partial charge in [-0.25, -0.2) is 13.1 Å². The van der Waals surface area contributed by atoms with Gasteiger partial charge in [0.25, 0.3) is 0 Å². The molecule has 0 saturated carbocycles. The molecule has 0 unspecified atom stereocenters. The maximum Gasteiger partial charge on any atom is 0.241 e. The van der Waals surface area contributed by atoms with Gasteiger partial charge in [-0.15, -0.1) is 0 Å². The van der Waals surface area contributed by atoms with E-state index in [-0.39, 0.29) is 11.5 Å². The summed E-state index contributed by atoms with van der Waals surface area (Å²) in [7, 11) is -3.68. The summed E-state index contributed by atoms with van der Waals surface area (Å²) in [5.74, 6) is 0. The summed E-state index contributed by atoms with van der Waals surface area (Å²) in [5.41, 5.74) is 3.37. The summed E-state index contributed by atoms with van der Waals surface area (Å²) in [6.07, 6.45) is 3.31. The standard InChI is InChI=1S/C22H24N2O3S/c1-16-6-4-9-20(12-16)28(26,27)24-22(2,3)19-8-5-7-17(13-19)21-10-11-23-14-18(21)15-25/h4-14,24-25H,15H2,1-3H3. The third-order valence-corrected chi connectivity index (χ3v) is 6.31. The monoisotopic (exact) mass is 396 g/mol. The molecule has 0 saturated heterocycles. The zero-order chi connectivity index (χ0) is 20.4. The maximum absolute atomic E-state index is 12.9. The van der Waals surface area contributed by atoms with Crippen molar-refractivity contribution < 1.29 is 13.5 Å². The van der Waals surface area contributed by atoms with Crippen molar-refractivity contribution in [1.82, 2.24) is 9.71 Å². The van der Waals surface area contributed by atoms with Gasteiger partial charge in [-0.1, -0.05) is 30.3 Å². The minimum Gasteiger partial charge on any atom is -0.392 e. The number of benzene rings is 2. The lowest BCUT2D eigenvalue weighted by molar-refractivity contribution is 0.282. The fourth-order valence-corrected chi connectivity index (χ4v) is 4.65. The number of hydrogen-bond donors (Lipinski definition) is 2. The number of nitrogens with one attached hydrogen (secondary N) is 1. The molecule has 0 aliphatic heterocycles. The molecule has 146 valence electrons. The second kappa shape index (κ2) is 7.83. The van der Waals surface area contributed by atoms with Crippen molar-refractivity contribution in [3.8, 4) is 11.1 Å². The van der Waals surface area contributed by atoms with Crippen LogP contribution >= 0.6 is 0 Å². The molecular formula is C22H24N2O3S. The van der Waals surface area contributed by atoms with Crippen molar-refractivity contribution in [1.29, 1.82) is 0 Å². The van der Waals surface area contributed by atoms with Gasteiger partial charge in [0.15, 0.2) is 0 Å². The topological polar surface area (TPSA) is 79.3 Å². The summed E-state index contributed by atoms with van der Waals surface area (Å²) in [5, 5.41) is 9.58. The zero-order valence-corrected chi connectivity index (χ0v) is 17.0. The minimum atomic E-state index is -3.68. The second-order valence-corrected chi connectivity index (χ2v) is 9.00. The number of rotatable bonds is 6. The average molecular weight is 397 g/mol. The summed E-state index contributed by atoms with van der Waals surface area (Å²) in [6.45, 7) is 5.41. The van der Waals surface area contributed by atoms with Crippen LogP contribution in [0.15, 0.2) is 71.9 Å². The van der Waals surface area contributed by atoms with Gasteiger partial charge in [0, 0.05) is 18.0 Å². The highest BCUT2D eigenvalue weighted by Crippen LogP contribution is 2.29. The van der Waals surface area contributed by atoms with Crippen LogP contribution in [-0.4, -0.2) is 18.5 Å². The molecule has 0 bridgehead atoms. The molecule has 3 aromatic rings. The summed E-state index contributed by atoms with van der Waals surface area (Å²) in [4.78, 5) is 4.29. The fourth-order valence-electron chi connectivity index (χ4n) is 3.15. The first-order valence-electron chi connectivity index (χ1n) is 8.98. The number of hydrogen-bond acceptors (Lipinski definition) is 4. The molecule has 0 fully saturated rings. The van der Waals surface area contributed by atoms with E-state index in [0.717, 1.165) is 27.8 Å². The van der Waals surface area contributed by atoms with Crippen molar-refractivity contribution in [2.75, 3.05) is 0 Å². The summed E-state index contributed by atoms with van der Waals surface area (Å²) >= 11 is 0. The van der Waals surface area contributed by atoms with Gasteiger partial charge >= 0.3 is 0 Å². The largest absolute Gasteiger partial charge is 0.392 e. The number of aliphatic hydroxyl groups excluding tert-OH is 1. The Hall–Kier alpha value is -2.54. The van der Waals surface area contributed by atoms with Crippen LogP contribution in [0, 0.1) is 6.92 Å². The van der Waals surface area contributed by atoms with Gasteiger partial charge < -0.3 is 5.11 Å². The van der Waals surface area contributed by atoms with Crippen molar-refractivity contribution >= 4 is 10.0 Å². The van der Waals surface area contributed by atoms with Crippen LogP contribution in [0.1, 0.15) is 30.5 Å². The van der Waals surface area contributed by atoms with Crippen molar-refractivity contribution in [3.05, 3.63) is 83.7 Å². The number of aliphatic hydroxyl groups is 1. The van der Waals surface area contributed by atoms with Crippen LogP contribution in [0.25, 0.3) is 11.1 Å². The minimum absolute atomic E-state index is 0.114. The first-order chi connectivity index (χ1) is 13.2. The molecule has 6 heteroatoms. The predicted molar refractivity (Wildman–Crippen MR) is 110 cm³/mol. The molecular weight excluding hydrogens is 372 g/mol. The Morgan fingerprint density at radius 1 is 1.07 bits per heavy atom. The van der Waals surface area contributed by atoms with Gasteiger partial charge in [-0.3, -0.25) is 4.98 Å². The van der Waals surface area contributed by atoms with Gasteiger partial charge in [-0.2, -0.15) is 0 Å². The van der Waals surface area contributed by atoms with Crippen LogP contribution < -0.4 is 4.72 Å². The average Bonchev–Trinajstić information content (AvgIpc) is 2.67. The zero-order valence-electron chi connectivity index (χ0n) is 16.2.